The van der Waals surface area contributed by atoms with Gasteiger partial charge in [-0.25, -0.2) is 18.7 Å². The summed E-state index contributed by atoms with van der Waals surface area (Å²) in [6.07, 6.45) is 4.25. The van der Waals surface area contributed by atoms with Crippen molar-refractivity contribution in [2.45, 2.75) is 44.4 Å². The van der Waals surface area contributed by atoms with Gasteiger partial charge in [-0.1, -0.05) is 6.42 Å². The number of hydrogen-bond donors (Lipinski definition) is 0. The highest BCUT2D eigenvalue weighted by Gasteiger charge is 2.27. The maximum Gasteiger partial charge on any atom is 0.241 e. The molecule has 1 aliphatic carbocycles. The Balaban J connectivity index is 1.66. The molecule has 3 rings (SSSR count). The molecule has 1 aromatic rings. The van der Waals surface area contributed by atoms with E-state index in [9.17, 15) is 8.78 Å². The molecule has 2 heterocycles. The summed E-state index contributed by atoms with van der Waals surface area (Å²) in [4.78, 5) is 10.8. The van der Waals surface area contributed by atoms with Crippen LogP contribution < -0.4 is 4.90 Å². The lowest BCUT2D eigenvalue weighted by molar-refractivity contribution is 0.0635. The minimum absolute atomic E-state index is 0.441. The fourth-order valence-electron chi connectivity index (χ4n) is 2.84. The van der Waals surface area contributed by atoms with Crippen LogP contribution in [-0.2, 0) is 0 Å². The number of aromatic nitrogens is 2. The summed E-state index contributed by atoms with van der Waals surface area (Å²) in [7, 11) is 0. The molecule has 0 aromatic carbocycles. The van der Waals surface area contributed by atoms with Gasteiger partial charge < -0.3 is 4.90 Å². The molecule has 1 aliphatic heterocycles. The predicted molar refractivity (Wildman–Crippen MR) is 69.6 cm³/mol. The van der Waals surface area contributed by atoms with Crippen LogP contribution in [0.2, 0.25) is 0 Å². The third-order valence-corrected chi connectivity index (χ3v) is 4.42. The van der Waals surface area contributed by atoms with Crippen LogP contribution in [0.5, 0.6) is 0 Å². The Morgan fingerprint density at radius 1 is 1.11 bits per heavy atom. The third kappa shape index (κ3) is 2.69. The van der Waals surface area contributed by atoms with Gasteiger partial charge in [0.25, 0.3) is 0 Å². The molecule has 104 valence electrons. The zero-order valence-electron chi connectivity index (χ0n) is 10.9. The van der Waals surface area contributed by atoms with Gasteiger partial charge in [0, 0.05) is 36.7 Å². The minimum atomic E-state index is -2.18. The smallest absolute Gasteiger partial charge is 0.241 e. The molecule has 0 radical (unpaired) electrons. The van der Waals surface area contributed by atoms with Crippen molar-refractivity contribution in [3.05, 3.63) is 18.1 Å². The predicted octanol–water partition coefficient (Wildman–Crippen LogP) is 3.23. The monoisotopic (exact) mass is 267 g/mol. The first-order valence-corrected chi connectivity index (χ1v) is 7.09. The Kier molecular flexibility index (Phi) is 3.62. The van der Waals surface area contributed by atoms with Gasteiger partial charge in [-0.15, -0.1) is 0 Å². The van der Waals surface area contributed by atoms with Crippen LogP contribution in [0.4, 0.5) is 14.6 Å². The topological polar surface area (TPSA) is 29.0 Å². The second-order valence-corrected chi connectivity index (χ2v) is 5.59. The SMILES string of the molecule is FC(F)C1CCN(c2cc(C3CCC3)ncn2)CC1. The Bertz CT molecular complexity index is 426. The molecule has 19 heavy (non-hydrogen) atoms. The fraction of sp³-hybridized carbons (Fsp3) is 0.714. The molecule has 1 saturated carbocycles. The second kappa shape index (κ2) is 5.39. The summed E-state index contributed by atoms with van der Waals surface area (Å²) in [5.74, 6) is 1.05. The number of alkyl halides is 2. The van der Waals surface area contributed by atoms with Crippen LogP contribution in [0.1, 0.15) is 43.7 Å². The van der Waals surface area contributed by atoms with E-state index >= 15 is 0 Å². The molecule has 5 heteroatoms. The Hall–Kier alpha value is -1.26. The van der Waals surface area contributed by atoms with Gasteiger partial charge in [-0.2, -0.15) is 0 Å². The van der Waals surface area contributed by atoms with Gasteiger partial charge in [0.1, 0.15) is 12.1 Å². The quantitative estimate of drug-likeness (QED) is 0.842. The van der Waals surface area contributed by atoms with Crippen LogP contribution in [0.15, 0.2) is 12.4 Å². The van der Waals surface area contributed by atoms with E-state index in [-0.39, 0.29) is 0 Å². The number of rotatable bonds is 3. The van der Waals surface area contributed by atoms with Crippen molar-refractivity contribution in [2.24, 2.45) is 5.92 Å². The highest BCUT2D eigenvalue weighted by atomic mass is 19.3. The van der Waals surface area contributed by atoms with Crippen molar-refractivity contribution in [3.8, 4) is 0 Å². The van der Waals surface area contributed by atoms with E-state index in [1.165, 1.54) is 19.3 Å². The molecule has 0 atom stereocenters. The largest absolute Gasteiger partial charge is 0.356 e. The number of nitrogens with zero attached hydrogens (tertiary/aromatic N) is 3. The first-order valence-electron chi connectivity index (χ1n) is 7.09. The van der Waals surface area contributed by atoms with Crippen molar-refractivity contribution in [3.63, 3.8) is 0 Å². The normalized spacial score (nSPS) is 21.7. The van der Waals surface area contributed by atoms with Gasteiger partial charge in [0.2, 0.25) is 6.43 Å². The average Bonchev–Trinajstić information content (AvgIpc) is 2.37. The van der Waals surface area contributed by atoms with Crippen LogP contribution in [-0.4, -0.2) is 29.5 Å². The zero-order chi connectivity index (χ0) is 13.2. The highest BCUT2D eigenvalue weighted by molar-refractivity contribution is 5.40. The van der Waals surface area contributed by atoms with Crippen molar-refractivity contribution in [1.82, 2.24) is 9.97 Å². The fourth-order valence-corrected chi connectivity index (χ4v) is 2.84. The summed E-state index contributed by atoms with van der Waals surface area (Å²) in [6.45, 7) is 1.35. The summed E-state index contributed by atoms with van der Waals surface area (Å²) >= 11 is 0. The molecule has 0 bridgehead atoms. The van der Waals surface area contributed by atoms with Gasteiger partial charge in [0.05, 0.1) is 0 Å². The van der Waals surface area contributed by atoms with Crippen LogP contribution >= 0.6 is 0 Å². The number of halogens is 2. The molecule has 0 unspecified atom stereocenters. The number of anilines is 1. The van der Waals surface area contributed by atoms with Gasteiger partial charge >= 0.3 is 0 Å². The molecular weight excluding hydrogens is 248 g/mol. The van der Waals surface area contributed by atoms with Gasteiger partial charge in [-0.3, -0.25) is 0 Å². The molecular formula is C14H19F2N3. The molecule has 1 saturated heterocycles. The van der Waals surface area contributed by atoms with Crippen molar-refractivity contribution >= 4 is 5.82 Å². The molecule has 0 amide bonds. The van der Waals surface area contributed by atoms with E-state index in [1.54, 1.807) is 6.33 Å². The molecule has 0 spiro atoms. The summed E-state index contributed by atoms with van der Waals surface area (Å²) in [6, 6.07) is 2.05. The van der Waals surface area contributed by atoms with Gasteiger partial charge in [0.15, 0.2) is 0 Å². The summed E-state index contributed by atoms with van der Waals surface area (Å²) in [5.41, 5.74) is 1.12. The Morgan fingerprint density at radius 2 is 1.84 bits per heavy atom. The summed E-state index contributed by atoms with van der Waals surface area (Å²) < 4.78 is 25.3. The van der Waals surface area contributed by atoms with Crippen LogP contribution in [0.3, 0.4) is 0 Å². The lowest BCUT2D eigenvalue weighted by atomic mass is 9.83. The first kappa shape index (κ1) is 12.8. The average molecular weight is 267 g/mol. The number of hydrogen-bond acceptors (Lipinski definition) is 3. The molecule has 1 aromatic heterocycles. The minimum Gasteiger partial charge on any atom is -0.356 e. The summed E-state index contributed by atoms with van der Waals surface area (Å²) in [5, 5.41) is 0. The van der Waals surface area contributed by atoms with E-state index in [4.69, 9.17) is 0 Å². The van der Waals surface area contributed by atoms with Crippen LogP contribution in [0.25, 0.3) is 0 Å². The molecule has 0 N–H and O–H groups in total. The van der Waals surface area contributed by atoms with Crippen LogP contribution in [0, 0.1) is 5.92 Å². The Labute approximate surface area is 112 Å². The molecule has 2 aliphatic rings. The lowest BCUT2D eigenvalue weighted by Gasteiger charge is -2.33. The first-order chi connectivity index (χ1) is 9.24. The van der Waals surface area contributed by atoms with E-state index in [2.05, 4.69) is 14.9 Å². The second-order valence-electron chi connectivity index (χ2n) is 5.59. The zero-order valence-corrected chi connectivity index (χ0v) is 10.9. The van der Waals surface area contributed by atoms with E-state index in [0.717, 1.165) is 11.5 Å². The van der Waals surface area contributed by atoms with E-state index in [0.29, 0.717) is 31.8 Å². The third-order valence-electron chi connectivity index (χ3n) is 4.42. The van der Waals surface area contributed by atoms with Crippen molar-refractivity contribution in [2.75, 3.05) is 18.0 Å². The molecule has 2 fully saturated rings. The van der Waals surface area contributed by atoms with E-state index in [1.807, 2.05) is 6.07 Å². The van der Waals surface area contributed by atoms with E-state index < -0.39 is 12.3 Å². The molecule has 3 nitrogen and oxygen atoms in total. The standard InChI is InChI=1S/C14H19F2N3/c15-14(16)11-4-6-19(7-5-11)13-8-12(17-9-18-13)10-2-1-3-10/h8-11,14H,1-7H2. The maximum atomic E-state index is 12.6. The van der Waals surface area contributed by atoms with Crippen molar-refractivity contribution in [1.29, 1.82) is 0 Å². The highest BCUT2D eigenvalue weighted by Crippen LogP contribution is 2.36. The Morgan fingerprint density at radius 3 is 2.42 bits per heavy atom. The number of piperidine rings is 1. The van der Waals surface area contributed by atoms with Crippen molar-refractivity contribution < 1.29 is 8.78 Å². The maximum absolute atomic E-state index is 12.6. The van der Waals surface area contributed by atoms with Gasteiger partial charge in [-0.05, 0) is 25.7 Å². The lowest BCUT2D eigenvalue weighted by Crippen LogP contribution is -2.36.